The molecule has 1 N–H and O–H groups in total. The fourth-order valence-electron chi connectivity index (χ4n) is 2.78. The number of carbonyl (C=O) groups excluding carboxylic acids is 1. The molecule has 0 bridgehead atoms. The highest BCUT2D eigenvalue weighted by atomic mass is 16.6. The standard InChI is InChI=1S/C19H38O3/c1-2-3-4-5-6-7-8-9-10-11-12-13-14-15-16-17-19(21)22-18-20/h20H,2-18H2,1H3. The molecule has 3 heteroatoms. The summed E-state index contributed by atoms with van der Waals surface area (Å²) in [6, 6.07) is 0. The lowest BCUT2D eigenvalue weighted by Gasteiger charge is -2.03. The van der Waals surface area contributed by atoms with Crippen LogP contribution >= 0.6 is 0 Å². The fourth-order valence-corrected chi connectivity index (χ4v) is 2.78. The van der Waals surface area contributed by atoms with Crippen LogP contribution in [-0.4, -0.2) is 17.9 Å². The Hall–Kier alpha value is -0.570. The third-order valence-electron chi connectivity index (χ3n) is 4.21. The molecular formula is C19H38O3. The van der Waals surface area contributed by atoms with E-state index in [9.17, 15) is 4.79 Å². The Labute approximate surface area is 137 Å². The van der Waals surface area contributed by atoms with E-state index in [4.69, 9.17) is 5.11 Å². The number of esters is 1. The van der Waals surface area contributed by atoms with E-state index in [2.05, 4.69) is 11.7 Å². The van der Waals surface area contributed by atoms with E-state index in [-0.39, 0.29) is 5.97 Å². The molecule has 0 atom stereocenters. The zero-order chi connectivity index (χ0) is 16.3. The van der Waals surface area contributed by atoms with E-state index in [1.165, 1.54) is 83.5 Å². The first kappa shape index (κ1) is 21.4. The normalized spacial score (nSPS) is 10.8. The molecule has 0 spiro atoms. The number of carbonyl (C=O) groups is 1. The van der Waals surface area contributed by atoms with Crippen molar-refractivity contribution >= 4 is 5.97 Å². The Morgan fingerprint density at radius 3 is 1.41 bits per heavy atom. The average Bonchev–Trinajstić information content (AvgIpc) is 2.51. The molecule has 0 saturated heterocycles. The maximum absolute atomic E-state index is 11.0. The molecule has 0 aromatic rings. The molecule has 0 aliphatic heterocycles. The number of ether oxygens (including phenoxy) is 1. The zero-order valence-electron chi connectivity index (χ0n) is 14.8. The highest BCUT2D eigenvalue weighted by Crippen LogP contribution is 2.13. The summed E-state index contributed by atoms with van der Waals surface area (Å²) in [5, 5.41) is 8.42. The molecule has 0 saturated carbocycles. The second-order valence-corrected chi connectivity index (χ2v) is 6.35. The van der Waals surface area contributed by atoms with Crippen molar-refractivity contribution < 1.29 is 14.6 Å². The summed E-state index contributed by atoms with van der Waals surface area (Å²) in [6.07, 6.45) is 20.3. The maximum Gasteiger partial charge on any atom is 0.307 e. The van der Waals surface area contributed by atoms with Gasteiger partial charge in [0.1, 0.15) is 0 Å². The van der Waals surface area contributed by atoms with Crippen LogP contribution < -0.4 is 0 Å². The van der Waals surface area contributed by atoms with Gasteiger partial charge in [0.05, 0.1) is 0 Å². The first-order valence-corrected chi connectivity index (χ1v) is 9.57. The van der Waals surface area contributed by atoms with Gasteiger partial charge in [0.2, 0.25) is 0 Å². The summed E-state index contributed by atoms with van der Waals surface area (Å²) in [6.45, 7) is 1.78. The molecule has 0 aromatic carbocycles. The highest BCUT2D eigenvalue weighted by molar-refractivity contribution is 5.69. The predicted molar refractivity (Wildman–Crippen MR) is 92.7 cm³/mol. The second-order valence-electron chi connectivity index (χ2n) is 6.35. The van der Waals surface area contributed by atoms with E-state index in [1.54, 1.807) is 0 Å². The van der Waals surface area contributed by atoms with Gasteiger partial charge in [0.25, 0.3) is 0 Å². The lowest BCUT2D eigenvalue weighted by Crippen LogP contribution is -2.04. The number of rotatable bonds is 17. The van der Waals surface area contributed by atoms with Crippen molar-refractivity contribution in [2.75, 3.05) is 6.79 Å². The quantitative estimate of drug-likeness (QED) is 0.211. The minimum atomic E-state index is -0.489. The van der Waals surface area contributed by atoms with Crippen LogP contribution in [-0.2, 0) is 9.53 Å². The van der Waals surface area contributed by atoms with E-state index in [0.29, 0.717) is 6.42 Å². The van der Waals surface area contributed by atoms with Crippen molar-refractivity contribution in [2.45, 2.75) is 110 Å². The van der Waals surface area contributed by atoms with E-state index >= 15 is 0 Å². The summed E-state index contributed by atoms with van der Waals surface area (Å²) in [7, 11) is 0. The molecule has 3 nitrogen and oxygen atoms in total. The Kier molecular flexibility index (Phi) is 18.0. The van der Waals surface area contributed by atoms with Crippen LogP contribution in [0, 0.1) is 0 Å². The van der Waals surface area contributed by atoms with Crippen LogP contribution in [0.3, 0.4) is 0 Å². The van der Waals surface area contributed by atoms with Gasteiger partial charge in [0.15, 0.2) is 6.79 Å². The van der Waals surface area contributed by atoms with E-state index in [0.717, 1.165) is 12.8 Å². The van der Waals surface area contributed by atoms with Crippen molar-refractivity contribution in [3.05, 3.63) is 0 Å². The molecule has 0 aromatic heterocycles. The number of hydrogen-bond donors (Lipinski definition) is 1. The molecule has 0 aliphatic rings. The molecule has 0 rings (SSSR count). The second kappa shape index (κ2) is 18.5. The summed E-state index contributed by atoms with van der Waals surface area (Å²) in [5.41, 5.74) is 0. The molecule has 0 amide bonds. The van der Waals surface area contributed by atoms with E-state index in [1.807, 2.05) is 0 Å². The van der Waals surface area contributed by atoms with Gasteiger partial charge in [0, 0.05) is 6.42 Å². The Bertz CT molecular complexity index is 229. The van der Waals surface area contributed by atoms with Gasteiger partial charge >= 0.3 is 5.97 Å². The number of hydrogen-bond acceptors (Lipinski definition) is 3. The zero-order valence-corrected chi connectivity index (χ0v) is 14.8. The summed E-state index contributed by atoms with van der Waals surface area (Å²) >= 11 is 0. The van der Waals surface area contributed by atoms with Gasteiger partial charge in [-0.15, -0.1) is 0 Å². The van der Waals surface area contributed by atoms with Gasteiger partial charge < -0.3 is 9.84 Å². The largest absolute Gasteiger partial charge is 0.439 e. The predicted octanol–water partition coefficient (Wildman–Crippen LogP) is 5.74. The van der Waals surface area contributed by atoms with Gasteiger partial charge in [-0.05, 0) is 6.42 Å². The topological polar surface area (TPSA) is 46.5 Å². The van der Waals surface area contributed by atoms with Crippen molar-refractivity contribution in [1.29, 1.82) is 0 Å². The highest BCUT2D eigenvalue weighted by Gasteiger charge is 2.00. The monoisotopic (exact) mass is 314 g/mol. The van der Waals surface area contributed by atoms with Crippen LogP contribution in [0.15, 0.2) is 0 Å². The summed E-state index contributed by atoms with van der Waals surface area (Å²) < 4.78 is 4.48. The molecule has 0 heterocycles. The SMILES string of the molecule is CCCCCCCCCCCCCCCCCC(=O)OCO. The molecule has 0 unspecified atom stereocenters. The first-order chi connectivity index (χ1) is 10.8. The van der Waals surface area contributed by atoms with Gasteiger partial charge in [-0.25, -0.2) is 0 Å². The third kappa shape index (κ3) is 17.5. The van der Waals surface area contributed by atoms with Gasteiger partial charge in [-0.3, -0.25) is 4.79 Å². The number of aliphatic hydroxyl groups is 1. The lowest BCUT2D eigenvalue weighted by atomic mass is 10.0. The number of aliphatic hydroxyl groups excluding tert-OH is 1. The number of unbranched alkanes of at least 4 members (excludes halogenated alkanes) is 14. The van der Waals surface area contributed by atoms with E-state index < -0.39 is 6.79 Å². The van der Waals surface area contributed by atoms with Crippen LogP contribution in [0.25, 0.3) is 0 Å². The van der Waals surface area contributed by atoms with Crippen LogP contribution in [0.5, 0.6) is 0 Å². The Morgan fingerprint density at radius 2 is 1.05 bits per heavy atom. The van der Waals surface area contributed by atoms with Crippen LogP contribution in [0.2, 0.25) is 0 Å². The minimum Gasteiger partial charge on any atom is -0.439 e. The summed E-state index contributed by atoms with van der Waals surface area (Å²) in [4.78, 5) is 11.0. The third-order valence-corrected chi connectivity index (χ3v) is 4.21. The molecule has 0 fully saturated rings. The van der Waals surface area contributed by atoms with Gasteiger partial charge in [-0.2, -0.15) is 0 Å². The van der Waals surface area contributed by atoms with Gasteiger partial charge in [-0.1, -0.05) is 96.8 Å². The Morgan fingerprint density at radius 1 is 0.682 bits per heavy atom. The average molecular weight is 315 g/mol. The van der Waals surface area contributed by atoms with Crippen molar-refractivity contribution in [1.82, 2.24) is 0 Å². The molecule has 22 heavy (non-hydrogen) atoms. The smallest absolute Gasteiger partial charge is 0.307 e. The maximum atomic E-state index is 11.0. The molecule has 0 aliphatic carbocycles. The van der Waals surface area contributed by atoms with Crippen molar-refractivity contribution in [2.24, 2.45) is 0 Å². The fraction of sp³-hybridized carbons (Fsp3) is 0.947. The van der Waals surface area contributed by atoms with Crippen LogP contribution in [0.1, 0.15) is 110 Å². The first-order valence-electron chi connectivity index (χ1n) is 9.57. The van der Waals surface area contributed by atoms with Crippen molar-refractivity contribution in [3.8, 4) is 0 Å². The minimum absolute atomic E-state index is 0.280. The Balaban J connectivity index is 3.01. The van der Waals surface area contributed by atoms with Crippen molar-refractivity contribution in [3.63, 3.8) is 0 Å². The molecular weight excluding hydrogens is 276 g/mol. The lowest BCUT2D eigenvalue weighted by molar-refractivity contribution is -0.151. The molecule has 0 radical (unpaired) electrons. The summed E-state index contributed by atoms with van der Waals surface area (Å²) in [5.74, 6) is -0.280. The van der Waals surface area contributed by atoms with Crippen LogP contribution in [0.4, 0.5) is 0 Å². The molecule has 132 valence electrons.